The van der Waals surface area contributed by atoms with Gasteiger partial charge in [0.15, 0.2) is 5.82 Å². The zero-order chi connectivity index (χ0) is 7.68. The summed E-state index contributed by atoms with van der Waals surface area (Å²) >= 11 is 1.63. The third kappa shape index (κ3) is 1.03. The second kappa shape index (κ2) is 2.43. The first kappa shape index (κ1) is 6.48. The van der Waals surface area contributed by atoms with Gasteiger partial charge in [0.2, 0.25) is 0 Å². The van der Waals surface area contributed by atoms with Gasteiger partial charge in [-0.2, -0.15) is 16.0 Å². The van der Waals surface area contributed by atoms with Gasteiger partial charge >= 0.3 is 0 Å². The van der Waals surface area contributed by atoms with Gasteiger partial charge in [-0.15, -0.1) is 5.10 Å². The predicted molar refractivity (Wildman–Crippen MR) is 41.8 cm³/mol. The van der Waals surface area contributed by atoms with Gasteiger partial charge < -0.3 is 0 Å². The summed E-state index contributed by atoms with van der Waals surface area (Å²) in [7, 11) is 0. The fourth-order valence-electron chi connectivity index (χ4n) is 0.848. The SMILES string of the molecule is Cc1nnnn1-c1ccsc1. The van der Waals surface area contributed by atoms with Crippen LogP contribution in [-0.2, 0) is 0 Å². The molecular formula is C6H6N4S. The zero-order valence-corrected chi connectivity index (χ0v) is 6.75. The number of nitrogens with zero attached hydrogens (tertiary/aromatic N) is 4. The van der Waals surface area contributed by atoms with Crippen molar-refractivity contribution in [3.63, 3.8) is 0 Å². The summed E-state index contributed by atoms with van der Waals surface area (Å²) in [6, 6.07) is 1.98. The zero-order valence-electron chi connectivity index (χ0n) is 5.93. The van der Waals surface area contributed by atoms with Crippen LogP contribution in [0, 0.1) is 6.92 Å². The molecule has 0 spiro atoms. The average Bonchev–Trinajstić information content (AvgIpc) is 2.55. The molecule has 2 aromatic heterocycles. The van der Waals surface area contributed by atoms with Crippen LogP contribution in [0.1, 0.15) is 5.82 Å². The molecule has 4 nitrogen and oxygen atoms in total. The Morgan fingerprint density at radius 3 is 3.00 bits per heavy atom. The molecular weight excluding hydrogens is 160 g/mol. The second-order valence-corrected chi connectivity index (χ2v) is 2.90. The van der Waals surface area contributed by atoms with Gasteiger partial charge in [0.25, 0.3) is 0 Å². The lowest BCUT2D eigenvalue weighted by Gasteiger charge is -1.93. The molecule has 0 aliphatic heterocycles. The summed E-state index contributed by atoms with van der Waals surface area (Å²) in [5, 5.41) is 15.1. The molecule has 56 valence electrons. The number of thiophene rings is 1. The molecule has 2 heterocycles. The van der Waals surface area contributed by atoms with Crippen LogP contribution < -0.4 is 0 Å². The van der Waals surface area contributed by atoms with Gasteiger partial charge in [0.1, 0.15) is 0 Å². The summed E-state index contributed by atoms with van der Waals surface area (Å²) < 4.78 is 1.70. The van der Waals surface area contributed by atoms with Crippen LogP contribution in [0.3, 0.4) is 0 Å². The lowest BCUT2D eigenvalue weighted by atomic mass is 10.5. The highest BCUT2D eigenvalue weighted by Crippen LogP contribution is 2.10. The predicted octanol–water partition coefficient (Wildman–Crippen LogP) is 1.03. The van der Waals surface area contributed by atoms with E-state index in [1.165, 1.54) is 0 Å². The van der Waals surface area contributed by atoms with Crippen LogP contribution in [-0.4, -0.2) is 20.2 Å². The Balaban J connectivity index is 2.53. The summed E-state index contributed by atoms with van der Waals surface area (Å²) in [5.41, 5.74) is 1.03. The van der Waals surface area contributed by atoms with Crippen molar-refractivity contribution in [2.75, 3.05) is 0 Å². The maximum atomic E-state index is 3.82. The van der Waals surface area contributed by atoms with Crippen LogP contribution >= 0.6 is 11.3 Å². The molecule has 0 saturated carbocycles. The van der Waals surface area contributed by atoms with Gasteiger partial charge in [-0.3, -0.25) is 0 Å². The van der Waals surface area contributed by atoms with Crippen molar-refractivity contribution in [1.29, 1.82) is 0 Å². The number of hydrogen-bond acceptors (Lipinski definition) is 4. The quantitative estimate of drug-likeness (QED) is 0.635. The molecule has 0 radical (unpaired) electrons. The van der Waals surface area contributed by atoms with E-state index >= 15 is 0 Å². The van der Waals surface area contributed by atoms with Gasteiger partial charge in [-0.05, 0) is 28.8 Å². The number of aryl methyl sites for hydroxylation is 1. The third-order valence-corrected chi connectivity index (χ3v) is 2.05. The highest BCUT2D eigenvalue weighted by molar-refractivity contribution is 7.08. The first-order valence-corrected chi connectivity index (χ1v) is 4.10. The largest absolute Gasteiger partial charge is 0.197 e. The van der Waals surface area contributed by atoms with Crippen molar-refractivity contribution < 1.29 is 0 Å². The summed E-state index contributed by atoms with van der Waals surface area (Å²) in [4.78, 5) is 0. The lowest BCUT2D eigenvalue weighted by molar-refractivity contribution is 0.782. The van der Waals surface area contributed by atoms with E-state index in [0.717, 1.165) is 11.5 Å². The van der Waals surface area contributed by atoms with Gasteiger partial charge in [0.05, 0.1) is 5.69 Å². The fraction of sp³-hybridized carbons (Fsp3) is 0.167. The van der Waals surface area contributed by atoms with E-state index in [9.17, 15) is 0 Å². The van der Waals surface area contributed by atoms with Crippen LogP contribution in [0.2, 0.25) is 0 Å². The minimum absolute atomic E-state index is 0.809. The van der Waals surface area contributed by atoms with E-state index < -0.39 is 0 Å². The van der Waals surface area contributed by atoms with E-state index in [1.54, 1.807) is 16.0 Å². The van der Waals surface area contributed by atoms with Gasteiger partial charge in [-0.1, -0.05) is 0 Å². The molecule has 0 unspecified atom stereocenters. The van der Waals surface area contributed by atoms with E-state index in [1.807, 2.05) is 23.8 Å². The van der Waals surface area contributed by atoms with E-state index in [0.29, 0.717) is 0 Å². The first-order valence-electron chi connectivity index (χ1n) is 3.15. The Bertz CT molecular complexity index is 337. The Hall–Kier alpha value is -1.23. The van der Waals surface area contributed by atoms with Crippen molar-refractivity contribution in [2.45, 2.75) is 6.92 Å². The topological polar surface area (TPSA) is 43.6 Å². The molecule has 0 N–H and O–H groups in total. The second-order valence-electron chi connectivity index (χ2n) is 2.12. The minimum Gasteiger partial charge on any atom is -0.197 e. The molecule has 0 aliphatic rings. The molecule has 11 heavy (non-hydrogen) atoms. The van der Waals surface area contributed by atoms with Crippen molar-refractivity contribution in [3.8, 4) is 5.69 Å². The Morgan fingerprint density at radius 1 is 1.55 bits per heavy atom. The Morgan fingerprint density at radius 2 is 2.45 bits per heavy atom. The number of rotatable bonds is 1. The molecule has 2 rings (SSSR count). The van der Waals surface area contributed by atoms with Crippen molar-refractivity contribution in [2.24, 2.45) is 0 Å². The van der Waals surface area contributed by atoms with Crippen LogP contribution in [0.4, 0.5) is 0 Å². The maximum absolute atomic E-state index is 3.82. The third-order valence-electron chi connectivity index (χ3n) is 1.38. The van der Waals surface area contributed by atoms with Crippen molar-refractivity contribution >= 4 is 11.3 Å². The summed E-state index contributed by atoms with van der Waals surface area (Å²) in [6.07, 6.45) is 0. The molecule has 0 atom stereocenters. The number of hydrogen-bond donors (Lipinski definition) is 0. The normalized spacial score (nSPS) is 10.3. The molecule has 0 saturated heterocycles. The monoisotopic (exact) mass is 166 g/mol. The van der Waals surface area contributed by atoms with Crippen LogP contribution in [0.25, 0.3) is 5.69 Å². The number of tetrazole rings is 1. The van der Waals surface area contributed by atoms with E-state index in [-0.39, 0.29) is 0 Å². The average molecular weight is 166 g/mol. The fourth-order valence-corrected chi connectivity index (χ4v) is 1.46. The smallest absolute Gasteiger partial charge is 0.153 e. The molecule has 0 aliphatic carbocycles. The summed E-state index contributed by atoms with van der Waals surface area (Å²) in [5.74, 6) is 0.809. The standard InChI is InChI=1S/C6H6N4S/c1-5-7-8-9-10(5)6-2-3-11-4-6/h2-4H,1H3. The van der Waals surface area contributed by atoms with Crippen LogP contribution in [0.5, 0.6) is 0 Å². The van der Waals surface area contributed by atoms with Gasteiger partial charge in [-0.25, -0.2) is 0 Å². The van der Waals surface area contributed by atoms with E-state index in [4.69, 9.17) is 0 Å². The maximum Gasteiger partial charge on any atom is 0.153 e. The highest BCUT2D eigenvalue weighted by Gasteiger charge is 2.01. The highest BCUT2D eigenvalue weighted by atomic mass is 32.1. The molecule has 0 fully saturated rings. The molecule has 0 aromatic carbocycles. The summed E-state index contributed by atoms with van der Waals surface area (Å²) in [6.45, 7) is 1.87. The number of aromatic nitrogens is 4. The van der Waals surface area contributed by atoms with E-state index in [2.05, 4.69) is 15.5 Å². The molecule has 0 amide bonds. The Kier molecular flexibility index (Phi) is 1.43. The van der Waals surface area contributed by atoms with Gasteiger partial charge in [0, 0.05) is 5.38 Å². The van der Waals surface area contributed by atoms with Crippen molar-refractivity contribution in [1.82, 2.24) is 20.2 Å². The molecule has 5 heteroatoms. The lowest BCUT2D eigenvalue weighted by Crippen LogP contribution is -1.96. The van der Waals surface area contributed by atoms with Crippen LogP contribution in [0.15, 0.2) is 16.8 Å². The first-order chi connectivity index (χ1) is 5.38. The molecule has 0 bridgehead atoms. The van der Waals surface area contributed by atoms with Crippen molar-refractivity contribution in [3.05, 3.63) is 22.7 Å². The minimum atomic E-state index is 0.809. The Labute approximate surface area is 67.5 Å². The molecule has 2 aromatic rings.